The molecule has 6 nitrogen and oxygen atoms in total. The molecule has 1 aromatic heterocycles. The van der Waals surface area contributed by atoms with Gasteiger partial charge in [0.15, 0.2) is 5.16 Å². The first-order valence-electron chi connectivity index (χ1n) is 7.44. The number of nitrogen functional groups attached to an aromatic ring is 1. The minimum atomic E-state index is 0.0370. The number of rotatable bonds is 6. The maximum absolute atomic E-state index is 5.72. The van der Waals surface area contributed by atoms with Crippen LogP contribution in [0.15, 0.2) is 23.4 Å². The van der Waals surface area contributed by atoms with Gasteiger partial charge in [-0.05, 0) is 42.4 Å². The minimum Gasteiger partial charge on any atom is -0.496 e. The van der Waals surface area contributed by atoms with Gasteiger partial charge in [-0.3, -0.25) is 0 Å². The van der Waals surface area contributed by atoms with E-state index in [-0.39, 0.29) is 12.0 Å². The van der Waals surface area contributed by atoms with E-state index in [0.29, 0.717) is 17.0 Å². The van der Waals surface area contributed by atoms with Crippen molar-refractivity contribution in [2.75, 3.05) is 24.4 Å². The Morgan fingerprint density at radius 3 is 2.52 bits per heavy atom. The van der Waals surface area contributed by atoms with E-state index in [0.717, 1.165) is 11.3 Å². The molecule has 1 unspecified atom stereocenters. The molecule has 2 aromatic rings. The quantitative estimate of drug-likeness (QED) is 0.783. The van der Waals surface area contributed by atoms with Crippen LogP contribution in [0.3, 0.4) is 0 Å². The molecular formula is C16H23N5OS. The fraction of sp³-hybridized carbons (Fsp3) is 0.438. The Morgan fingerprint density at radius 1 is 1.17 bits per heavy atom. The number of hydrogen-bond donors (Lipinski definition) is 2. The number of nitrogens with zero attached hydrogens (tertiary/aromatic N) is 3. The first-order chi connectivity index (χ1) is 10.9. The van der Waals surface area contributed by atoms with Gasteiger partial charge in [0.05, 0.1) is 13.2 Å². The molecule has 0 aliphatic heterocycles. The standard InChI is InChI=1S/C16H23N5OS/c1-9(2)12-8-11(6-7-13(12)22-4)10(3)18-15-19-14(17)20-16(21-15)23-5/h6-10H,1-5H3,(H3,17,18,19,20,21). The molecule has 2 rings (SSSR count). The van der Waals surface area contributed by atoms with Crippen molar-refractivity contribution in [3.63, 3.8) is 0 Å². The van der Waals surface area contributed by atoms with Crippen LogP contribution in [-0.4, -0.2) is 28.3 Å². The molecule has 0 aliphatic rings. The smallest absolute Gasteiger partial charge is 0.228 e. The highest BCUT2D eigenvalue weighted by Crippen LogP contribution is 2.30. The number of nitrogens with two attached hydrogens (primary N) is 1. The zero-order valence-electron chi connectivity index (χ0n) is 14.1. The second kappa shape index (κ2) is 7.50. The molecule has 0 fully saturated rings. The Kier molecular flexibility index (Phi) is 5.65. The van der Waals surface area contributed by atoms with E-state index in [2.05, 4.69) is 47.1 Å². The normalized spacial score (nSPS) is 12.3. The highest BCUT2D eigenvalue weighted by molar-refractivity contribution is 7.98. The Balaban J connectivity index is 2.25. The molecule has 0 saturated heterocycles. The molecule has 0 amide bonds. The molecule has 0 bridgehead atoms. The minimum absolute atomic E-state index is 0.0370. The summed E-state index contributed by atoms with van der Waals surface area (Å²) in [4.78, 5) is 12.5. The highest BCUT2D eigenvalue weighted by Gasteiger charge is 2.13. The monoisotopic (exact) mass is 333 g/mol. The van der Waals surface area contributed by atoms with Crippen molar-refractivity contribution in [1.29, 1.82) is 0 Å². The lowest BCUT2D eigenvalue weighted by atomic mass is 9.97. The average Bonchev–Trinajstić information content (AvgIpc) is 2.53. The summed E-state index contributed by atoms with van der Waals surface area (Å²) < 4.78 is 5.43. The molecule has 1 aromatic carbocycles. The number of methoxy groups -OCH3 is 1. The third-order valence-electron chi connectivity index (χ3n) is 3.54. The van der Waals surface area contributed by atoms with Gasteiger partial charge in [0.2, 0.25) is 11.9 Å². The molecule has 1 heterocycles. The third kappa shape index (κ3) is 4.25. The molecule has 0 radical (unpaired) electrons. The van der Waals surface area contributed by atoms with E-state index in [9.17, 15) is 0 Å². The van der Waals surface area contributed by atoms with Crippen molar-refractivity contribution < 1.29 is 4.74 Å². The van der Waals surface area contributed by atoms with Crippen LogP contribution in [-0.2, 0) is 0 Å². The summed E-state index contributed by atoms with van der Waals surface area (Å²) in [7, 11) is 1.69. The van der Waals surface area contributed by atoms with Crippen LogP contribution in [0, 0.1) is 0 Å². The Labute approximate surface area is 141 Å². The Morgan fingerprint density at radius 2 is 1.91 bits per heavy atom. The maximum Gasteiger partial charge on any atom is 0.228 e. The summed E-state index contributed by atoms with van der Waals surface area (Å²) in [6.07, 6.45) is 1.90. The van der Waals surface area contributed by atoms with E-state index in [1.54, 1.807) is 7.11 Å². The second-order valence-corrected chi connectivity index (χ2v) is 6.30. The van der Waals surface area contributed by atoms with Gasteiger partial charge in [0.1, 0.15) is 5.75 Å². The van der Waals surface area contributed by atoms with Gasteiger partial charge < -0.3 is 15.8 Å². The van der Waals surface area contributed by atoms with Gasteiger partial charge in [-0.1, -0.05) is 31.7 Å². The van der Waals surface area contributed by atoms with Crippen LogP contribution in [0.4, 0.5) is 11.9 Å². The zero-order chi connectivity index (χ0) is 17.0. The maximum atomic E-state index is 5.72. The van der Waals surface area contributed by atoms with Crippen LogP contribution < -0.4 is 15.8 Å². The molecule has 0 saturated carbocycles. The fourth-order valence-corrected chi connectivity index (χ4v) is 2.64. The van der Waals surface area contributed by atoms with Crippen molar-refractivity contribution in [2.45, 2.75) is 37.9 Å². The Bertz CT molecular complexity index is 678. The number of nitrogens with one attached hydrogen (secondary N) is 1. The summed E-state index contributed by atoms with van der Waals surface area (Å²) in [6, 6.07) is 6.23. The van der Waals surface area contributed by atoms with Gasteiger partial charge in [0.25, 0.3) is 0 Å². The number of hydrogen-bond acceptors (Lipinski definition) is 7. The van der Waals surface area contributed by atoms with Crippen LogP contribution in [0.25, 0.3) is 0 Å². The number of thioether (sulfide) groups is 1. The van der Waals surface area contributed by atoms with E-state index >= 15 is 0 Å². The summed E-state index contributed by atoms with van der Waals surface area (Å²) >= 11 is 1.43. The lowest BCUT2D eigenvalue weighted by Crippen LogP contribution is -2.12. The van der Waals surface area contributed by atoms with Gasteiger partial charge in [-0.15, -0.1) is 0 Å². The summed E-state index contributed by atoms with van der Waals surface area (Å²) in [5, 5.41) is 3.88. The number of benzene rings is 1. The van der Waals surface area contributed by atoms with Gasteiger partial charge >= 0.3 is 0 Å². The van der Waals surface area contributed by atoms with Crippen molar-refractivity contribution in [3.05, 3.63) is 29.3 Å². The lowest BCUT2D eigenvalue weighted by Gasteiger charge is -2.18. The first kappa shape index (κ1) is 17.3. The van der Waals surface area contributed by atoms with Crippen molar-refractivity contribution in [2.24, 2.45) is 0 Å². The van der Waals surface area contributed by atoms with E-state index in [1.807, 2.05) is 18.4 Å². The molecule has 7 heteroatoms. The van der Waals surface area contributed by atoms with Crippen LogP contribution >= 0.6 is 11.8 Å². The molecular weight excluding hydrogens is 310 g/mol. The summed E-state index contributed by atoms with van der Waals surface area (Å²) in [5.74, 6) is 1.99. The summed E-state index contributed by atoms with van der Waals surface area (Å²) in [6.45, 7) is 6.36. The second-order valence-electron chi connectivity index (χ2n) is 5.53. The SMILES string of the molecule is COc1ccc(C(C)Nc2nc(N)nc(SC)n2)cc1C(C)C. The first-order valence-corrected chi connectivity index (χ1v) is 8.67. The van der Waals surface area contributed by atoms with E-state index in [4.69, 9.17) is 10.5 Å². The van der Waals surface area contributed by atoms with Gasteiger partial charge in [0, 0.05) is 0 Å². The lowest BCUT2D eigenvalue weighted by molar-refractivity contribution is 0.407. The average molecular weight is 333 g/mol. The number of ether oxygens (including phenoxy) is 1. The van der Waals surface area contributed by atoms with Crippen molar-refractivity contribution in [1.82, 2.24) is 15.0 Å². The summed E-state index contributed by atoms with van der Waals surface area (Å²) in [5.41, 5.74) is 8.04. The van der Waals surface area contributed by atoms with Gasteiger partial charge in [-0.25, -0.2) is 0 Å². The number of aromatic nitrogens is 3. The number of anilines is 2. The molecule has 23 heavy (non-hydrogen) atoms. The largest absolute Gasteiger partial charge is 0.496 e. The molecule has 3 N–H and O–H groups in total. The molecule has 0 aliphatic carbocycles. The fourth-order valence-electron chi connectivity index (χ4n) is 2.28. The van der Waals surface area contributed by atoms with Crippen LogP contribution in [0.5, 0.6) is 5.75 Å². The van der Waals surface area contributed by atoms with E-state index < -0.39 is 0 Å². The zero-order valence-corrected chi connectivity index (χ0v) is 14.9. The Hall–Kier alpha value is -2.02. The third-order valence-corrected chi connectivity index (χ3v) is 4.08. The molecule has 1 atom stereocenters. The molecule has 124 valence electrons. The highest BCUT2D eigenvalue weighted by atomic mass is 32.2. The van der Waals surface area contributed by atoms with Crippen LogP contribution in [0.1, 0.15) is 43.9 Å². The van der Waals surface area contributed by atoms with E-state index in [1.165, 1.54) is 17.3 Å². The molecule has 0 spiro atoms. The van der Waals surface area contributed by atoms with Gasteiger partial charge in [-0.2, -0.15) is 15.0 Å². The predicted molar refractivity (Wildman–Crippen MR) is 95.1 cm³/mol. The van der Waals surface area contributed by atoms with Crippen molar-refractivity contribution in [3.8, 4) is 5.75 Å². The predicted octanol–water partition coefficient (Wildman–Crippen LogP) is 3.48. The topological polar surface area (TPSA) is 86.0 Å². The van der Waals surface area contributed by atoms with Crippen molar-refractivity contribution >= 4 is 23.7 Å². The van der Waals surface area contributed by atoms with Crippen LogP contribution in [0.2, 0.25) is 0 Å².